The van der Waals surface area contributed by atoms with E-state index in [0.29, 0.717) is 30.4 Å². The smallest absolute Gasteiger partial charge is 0.410 e. The van der Waals surface area contributed by atoms with Gasteiger partial charge < -0.3 is 15.0 Å². The Morgan fingerprint density at radius 2 is 2.03 bits per heavy atom. The maximum atomic E-state index is 12.5. The summed E-state index contributed by atoms with van der Waals surface area (Å²) >= 11 is 0. The fourth-order valence-electron chi connectivity index (χ4n) is 3.72. The van der Waals surface area contributed by atoms with E-state index in [9.17, 15) is 13.2 Å². The number of primary sulfonamides is 1. The summed E-state index contributed by atoms with van der Waals surface area (Å²) < 4.78 is 28.7. The molecular weight excluding hydrogens is 392 g/mol. The van der Waals surface area contributed by atoms with E-state index in [1.54, 1.807) is 19.1 Å². The lowest BCUT2D eigenvalue weighted by atomic mass is 9.93. The molecule has 1 amide bonds. The Bertz CT molecular complexity index is 847. The Labute approximate surface area is 174 Å². The largest absolute Gasteiger partial charge is 0.444 e. The van der Waals surface area contributed by atoms with Gasteiger partial charge in [0.2, 0.25) is 0 Å². The van der Waals surface area contributed by atoms with Gasteiger partial charge in [-0.25, -0.2) is 23.3 Å². The molecule has 0 radical (unpaired) electrons. The Kier molecular flexibility index (Phi) is 6.84. The second kappa shape index (κ2) is 8.47. The second-order valence-electron chi connectivity index (χ2n) is 9.41. The quantitative estimate of drug-likeness (QED) is 0.675. The van der Waals surface area contributed by atoms with Crippen LogP contribution in [-0.4, -0.2) is 48.6 Å². The zero-order valence-corrected chi connectivity index (χ0v) is 19.1. The number of amides is 1. The first-order chi connectivity index (χ1) is 13.2. The van der Waals surface area contributed by atoms with Crippen molar-refractivity contribution < 1.29 is 17.9 Å². The number of nitrogens with one attached hydrogen (secondary N) is 1. The minimum absolute atomic E-state index is 0.104. The molecule has 29 heavy (non-hydrogen) atoms. The molecule has 2 rings (SSSR count). The van der Waals surface area contributed by atoms with Gasteiger partial charge in [0.1, 0.15) is 11.4 Å². The zero-order chi connectivity index (χ0) is 22.0. The molecule has 1 aromatic rings. The minimum atomic E-state index is -3.84. The molecule has 0 aromatic carbocycles. The van der Waals surface area contributed by atoms with Gasteiger partial charge >= 0.3 is 6.09 Å². The lowest BCUT2D eigenvalue weighted by molar-refractivity contribution is 0.0131. The average molecular weight is 427 g/mol. The number of aryl methyl sites for hydroxylation is 1. The molecule has 2 heterocycles. The summed E-state index contributed by atoms with van der Waals surface area (Å²) in [7, 11) is -3.84. The molecule has 1 aliphatic rings. The number of ether oxygens (including phenoxy) is 1. The molecule has 8 nitrogen and oxygen atoms in total. The van der Waals surface area contributed by atoms with Crippen molar-refractivity contribution in [3.63, 3.8) is 0 Å². The van der Waals surface area contributed by atoms with Crippen LogP contribution in [0.3, 0.4) is 0 Å². The predicted molar refractivity (Wildman–Crippen MR) is 113 cm³/mol. The molecule has 9 heteroatoms. The van der Waals surface area contributed by atoms with Gasteiger partial charge in [0, 0.05) is 18.6 Å². The van der Waals surface area contributed by atoms with Crippen LogP contribution in [0, 0.1) is 12.8 Å². The summed E-state index contributed by atoms with van der Waals surface area (Å²) in [6, 6.07) is 3.43. The molecule has 1 fully saturated rings. The van der Waals surface area contributed by atoms with Crippen molar-refractivity contribution in [3.8, 4) is 0 Å². The van der Waals surface area contributed by atoms with Gasteiger partial charge in [-0.05, 0) is 78.4 Å². The van der Waals surface area contributed by atoms with Crippen molar-refractivity contribution in [1.29, 1.82) is 0 Å². The third-order valence-corrected chi connectivity index (χ3v) is 5.94. The number of carbonyl (C=O) groups is 1. The first-order valence-corrected chi connectivity index (χ1v) is 11.5. The van der Waals surface area contributed by atoms with Gasteiger partial charge in [-0.15, -0.1) is 0 Å². The molecule has 1 aromatic heterocycles. The lowest BCUT2D eigenvalue weighted by Gasteiger charge is -2.33. The molecule has 1 aliphatic heterocycles. The van der Waals surface area contributed by atoms with Gasteiger partial charge in [0.15, 0.2) is 5.03 Å². The van der Waals surface area contributed by atoms with E-state index < -0.39 is 15.6 Å². The van der Waals surface area contributed by atoms with Crippen LogP contribution >= 0.6 is 0 Å². The molecule has 1 atom stereocenters. The number of hydrogen-bond donors (Lipinski definition) is 2. The number of anilines is 1. The molecule has 1 unspecified atom stereocenters. The predicted octanol–water partition coefficient (Wildman–Crippen LogP) is 3.27. The standard InChI is InChI=1S/C20H34N4O4S/c1-14-9-10-16(23-17(14)29(21,26)27)22-11-7-8-15-12-20(5,6)24(13-15)18(25)28-19(2,3)4/h9-10,15H,7-8,11-13H2,1-6H3,(H,22,23)(H2,21,26,27). The summed E-state index contributed by atoms with van der Waals surface area (Å²) in [5, 5.41) is 8.26. The van der Waals surface area contributed by atoms with Crippen LogP contribution in [0.1, 0.15) is 59.4 Å². The number of sulfonamides is 1. The Morgan fingerprint density at radius 1 is 1.38 bits per heavy atom. The molecular formula is C20H34N4O4S. The van der Waals surface area contributed by atoms with Crippen LogP contribution in [0.4, 0.5) is 10.6 Å². The number of hydrogen-bond acceptors (Lipinski definition) is 6. The third-order valence-electron chi connectivity index (χ3n) is 4.99. The van der Waals surface area contributed by atoms with Crippen molar-refractivity contribution in [1.82, 2.24) is 9.88 Å². The number of likely N-dealkylation sites (tertiary alicyclic amines) is 1. The first-order valence-electron chi connectivity index (χ1n) is 9.94. The van der Waals surface area contributed by atoms with Crippen molar-refractivity contribution in [2.45, 2.75) is 77.0 Å². The van der Waals surface area contributed by atoms with Crippen LogP contribution < -0.4 is 10.5 Å². The highest BCUT2D eigenvalue weighted by Gasteiger charge is 2.42. The molecule has 0 aliphatic carbocycles. The summed E-state index contributed by atoms with van der Waals surface area (Å²) in [5.74, 6) is 0.882. The number of nitrogens with two attached hydrogens (primary N) is 1. The van der Waals surface area contributed by atoms with Gasteiger partial charge in [0.05, 0.1) is 0 Å². The number of carbonyl (C=O) groups excluding carboxylic acids is 1. The van der Waals surface area contributed by atoms with Crippen molar-refractivity contribution in [2.24, 2.45) is 11.1 Å². The summed E-state index contributed by atoms with van der Waals surface area (Å²) in [6.07, 6.45) is 2.49. The van der Waals surface area contributed by atoms with E-state index in [-0.39, 0.29) is 16.7 Å². The normalized spacial score (nSPS) is 19.3. The second-order valence-corrected chi connectivity index (χ2v) is 10.9. The van der Waals surface area contributed by atoms with Crippen LogP contribution in [0.25, 0.3) is 0 Å². The summed E-state index contributed by atoms with van der Waals surface area (Å²) in [4.78, 5) is 18.4. The highest BCUT2D eigenvalue weighted by Crippen LogP contribution is 2.36. The van der Waals surface area contributed by atoms with Crippen molar-refractivity contribution >= 4 is 21.9 Å². The SMILES string of the molecule is Cc1ccc(NCCCC2CN(C(=O)OC(C)(C)C)C(C)(C)C2)nc1S(N)(=O)=O. The van der Waals surface area contributed by atoms with Gasteiger partial charge in [0.25, 0.3) is 10.0 Å². The Morgan fingerprint density at radius 3 is 2.62 bits per heavy atom. The lowest BCUT2D eigenvalue weighted by Crippen LogP contribution is -2.45. The Hall–Kier alpha value is -1.87. The van der Waals surface area contributed by atoms with Gasteiger partial charge in [-0.3, -0.25) is 0 Å². The summed E-state index contributed by atoms with van der Waals surface area (Å²) in [5.41, 5.74) is -0.219. The van der Waals surface area contributed by atoms with Gasteiger partial charge in [-0.1, -0.05) is 6.07 Å². The third kappa shape index (κ3) is 6.57. The molecule has 0 spiro atoms. The van der Waals surface area contributed by atoms with Crippen molar-refractivity contribution in [3.05, 3.63) is 17.7 Å². The average Bonchev–Trinajstić information content (AvgIpc) is 2.85. The van der Waals surface area contributed by atoms with E-state index in [1.807, 2.05) is 25.7 Å². The van der Waals surface area contributed by atoms with Crippen LogP contribution in [0.2, 0.25) is 0 Å². The van der Waals surface area contributed by atoms with E-state index in [1.165, 1.54) is 0 Å². The number of pyridine rings is 1. The van der Waals surface area contributed by atoms with Crippen molar-refractivity contribution in [2.75, 3.05) is 18.4 Å². The van der Waals surface area contributed by atoms with E-state index in [2.05, 4.69) is 24.1 Å². The van der Waals surface area contributed by atoms with Crippen LogP contribution in [-0.2, 0) is 14.8 Å². The molecule has 1 saturated heterocycles. The van der Waals surface area contributed by atoms with Crippen LogP contribution in [0.5, 0.6) is 0 Å². The molecule has 0 saturated carbocycles. The highest BCUT2D eigenvalue weighted by molar-refractivity contribution is 7.89. The first kappa shape index (κ1) is 23.4. The maximum Gasteiger partial charge on any atom is 0.410 e. The van der Waals surface area contributed by atoms with E-state index >= 15 is 0 Å². The number of aromatic nitrogens is 1. The maximum absolute atomic E-state index is 12.5. The fraction of sp³-hybridized carbons (Fsp3) is 0.700. The van der Waals surface area contributed by atoms with Crippen LogP contribution in [0.15, 0.2) is 17.2 Å². The zero-order valence-electron chi connectivity index (χ0n) is 18.3. The van der Waals surface area contributed by atoms with Gasteiger partial charge in [-0.2, -0.15) is 0 Å². The van der Waals surface area contributed by atoms with E-state index in [4.69, 9.17) is 9.88 Å². The summed E-state index contributed by atoms with van der Waals surface area (Å²) in [6.45, 7) is 12.8. The monoisotopic (exact) mass is 426 g/mol. The minimum Gasteiger partial charge on any atom is -0.444 e. The molecule has 0 bridgehead atoms. The Balaban J connectivity index is 1.87. The fourth-order valence-corrected chi connectivity index (χ4v) is 4.46. The van der Waals surface area contributed by atoms with E-state index in [0.717, 1.165) is 19.3 Å². The number of nitrogens with zero attached hydrogens (tertiary/aromatic N) is 2. The molecule has 3 N–H and O–H groups in total. The number of rotatable bonds is 6. The molecule has 164 valence electrons. The highest BCUT2D eigenvalue weighted by atomic mass is 32.2. The topological polar surface area (TPSA) is 115 Å².